The Bertz CT molecular complexity index is 85.1. The zero-order valence-electron chi connectivity index (χ0n) is 9.81. The lowest BCUT2D eigenvalue weighted by atomic mass is 10.1. The molecule has 0 radical (unpaired) electrons. The van der Waals surface area contributed by atoms with Gasteiger partial charge in [-0.15, -0.1) is 0 Å². The SMILES string of the molecule is CCC.CCCCN1CCCCC1. The van der Waals surface area contributed by atoms with Crippen LogP contribution in [0.1, 0.15) is 59.3 Å². The van der Waals surface area contributed by atoms with Crippen molar-refractivity contribution in [3.05, 3.63) is 0 Å². The standard InChI is InChI=1S/C9H19N.C3H8/c1-2-3-7-10-8-5-4-6-9-10;1-3-2/h2-9H2,1H3;3H2,1-2H3. The monoisotopic (exact) mass is 185 g/mol. The molecule has 1 nitrogen and oxygen atoms in total. The van der Waals surface area contributed by atoms with Gasteiger partial charge in [-0.1, -0.05) is 40.0 Å². The first-order valence-corrected chi connectivity index (χ1v) is 6.07. The fourth-order valence-corrected chi connectivity index (χ4v) is 1.56. The summed E-state index contributed by atoms with van der Waals surface area (Å²) < 4.78 is 0. The second kappa shape index (κ2) is 10.0. The second-order valence-electron chi connectivity index (χ2n) is 3.96. The summed E-state index contributed by atoms with van der Waals surface area (Å²) in [5, 5.41) is 0. The maximum absolute atomic E-state index is 2.60. The van der Waals surface area contributed by atoms with Crippen LogP contribution in [-0.4, -0.2) is 24.5 Å². The molecule has 1 fully saturated rings. The Hall–Kier alpha value is -0.0400. The van der Waals surface area contributed by atoms with Gasteiger partial charge in [-0.3, -0.25) is 0 Å². The average Bonchev–Trinajstić information content (AvgIpc) is 2.18. The molecule has 1 heteroatoms. The van der Waals surface area contributed by atoms with Crippen molar-refractivity contribution >= 4 is 0 Å². The van der Waals surface area contributed by atoms with Crippen LogP contribution >= 0.6 is 0 Å². The Morgan fingerprint density at radius 3 is 1.92 bits per heavy atom. The molecule has 0 spiro atoms. The largest absolute Gasteiger partial charge is 0.303 e. The highest BCUT2D eigenvalue weighted by Gasteiger charge is 2.07. The minimum Gasteiger partial charge on any atom is -0.303 e. The number of hydrogen-bond acceptors (Lipinski definition) is 1. The topological polar surface area (TPSA) is 3.24 Å². The number of nitrogens with zero attached hydrogens (tertiary/aromatic N) is 1. The summed E-state index contributed by atoms with van der Waals surface area (Å²) in [6, 6.07) is 0. The summed E-state index contributed by atoms with van der Waals surface area (Å²) >= 11 is 0. The van der Waals surface area contributed by atoms with Crippen LogP contribution in [0.4, 0.5) is 0 Å². The highest BCUT2D eigenvalue weighted by molar-refractivity contribution is 4.63. The van der Waals surface area contributed by atoms with Gasteiger partial charge in [0.25, 0.3) is 0 Å². The molecule has 1 saturated heterocycles. The van der Waals surface area contributed by atoms with Crippen molar-refractivity contribution in [2.75, 3.05) is 19.6 Å². The van der Waals surface area contributed by atoms with Crippen molar-refractivity contribution in [1.82, 2.24) is 4.90 Å². The van der Waals surface area contributed by atoms with E-state index in [1.54, 1.807) is 0 Å². The normalized spacial score (nSPS) is 17.8. The zero-order chi connectivity index (χ0) is 9.94. The Labute approximate surface area is 84.5 Å². The van der Waals surface area contributed by atoms with Gasteiger partial charge in [0, 0.05) is 0 Å². The van der Waals surface area contributed by atoms with E-state index in [0.717, 1.165) is 0 Å². The van der Waals surface area contributed by atoms with E-state index in [4.69, 9.17) is 0 Å². The molecule has 1 rings (SSSR count). The predicted octanol–water partition coefficient (Wildman–Crippen LogP) is 3.69. The lowest BCUT2D eigenvalue weighted by molar-refractivity contribution is 0.226. The van der Waals surface area contributed by atoms with Gasteiger partial charge in [0.2, 0.25) is 0 Å². The molecule has 1 aliphatic heterocycles. The Morgan fingerprint density at radius 2 is 1.46 bits per heavy atom. The van der Waals surface area contributed by atoms with Gasteiger partial charge >= 0.3 is 0 Å². The molecule has 0 aromatic rings. The molecule has 0 aromatic carbocycles. The molecular formula is C12H27N. The van der Waals surface area contributed by atoms with Crippen LogP contribution in [0.5, 0.6) is 0 Å². The van der Waals surface area contributed by atoms with Crippen LogP contribution in [0.2, 0.25) is 0 Å². The van der Waals surface area contributed by atoms with Crippen molar-refractivity contribution in [3.63, 3.8) is 0 Å². The predicted molar refractivity (Wildman–Crippen MR) is 61.2 cm³/mol. The average molecular weight is 185 g/mol. The molecule has 0 aromatic heterocycles. The van der Waals surface area contributed by atoms with Gasteiger partial charge in [-0.2, -0.15) is 0 Å². The van der Waals surface area contributed by atoms with E-state index in [0.29, 0.717) is 0 Å². The molecule has 0 amide bonds. The number of rotatable bonds is 3. The van der Waals surface area contributed by atoms with Crippen LogP contribution in [-0.2, 0) is 0 Å². The Morgan fingerprint density at radius 1 is 0.923 bits per heavy atom. The summed E-state index contributed by atoms with van der Waals surface area (Å²) in [5.41, 5.74) is 0. The van der Waals surface area contributed by atoms with Gasteiger partial charge in [-0.05, 0) is 38.9 Å². The van der Waals surface area contributed by atoms with Crippen molar-refractivity contribution in [2.45, 2.75) is 59.3 Å². The first-order valence-electron chi connectivity index (χ1n) is 6.07. The molecule has 0 atom stereocenters. The zero-order valence-corrected chi connectivity index (χ0v) is 9.81. The van der Waals surface area contributed by atoms with Crippen LogP contribution < -0.4 is 0 Å². The number of hydrogen-bond donors (Lipinski definition) is 0. The molecule has 0 N–H and O–H groups in total. The molecule has 0 aliphatic carbocycles. The molecule has 0 bridgehead atoms. The minimum atomic E-state index is 1.25. The Balaban J connectivity index is 0.000000424. The van der Waals surface area contributed by atoms with Gasteiger partial charge < -0.3 is 4.90 Å². The molecular weight excluding hydrogens is 158 g/mol. The first-order chi connectivity index (χ1) is 6.35. The lowest BCUT2D eigenvalue weighted by Gasteiger charge is -2.25. The molecule has 1 aliphatic rings. The smallest absolute Gasteiger partial charge is 0.00187 e. The van der Waals surface area contributed by atoms with Crippen molar-refractivity contribution in [1.29, 1.82) is 0 Å². The quantitative estimate of drug-likeness (QED) is 0.648. The molecule has 13 heavy (non-hydrogen) atoms. The van der Waals surface area contributed by atoms with E-state index in [1.807, 2.05) is 0 Å². The van der Waals surface area contributed by atoms with Gasteiger partial charge in [0.1, 0.15) is 0 Å². The van der Waals surface area contributed by atoms with Crippen molar-refractivity contribution < 1.29 is 0 Å². The molecule has 0 saturated carbocycles. The second-order valence-corrected chi connectivity index (χ2v) is 3.96. The summed E-state index contributed by atoms with van der Waals surface area (Å²) in [4.78, 5) is 2.60. The minimum absolute atomic E-state index is 1.25. The molecule has 1 heterocycles. The van der Waals surface area contributed by atoms with Crippen molar-refractivity contribution in [3.8, 4) is 0 Å². The van der Waals surface area contributed by atoms with E-state index in [2.05, 4.69) is 25.7 Å². The van der Waals surface area contributed by atoms with Crippen molar-refractivity contribution in [2.24, 2.45) is 0 Å². The van der Waals surface area contributed by atoms with Crippen LogP contribution in [0, 0.1) is 0 Å². The van der Waals surface area contributed by atoms with Gasteiger partial charge in [-0.25, -0.2) is 0 Å². The van der Waals surface area contributed by atoms with Gasteiger partial charge in [0.05, 0.1) is 0 Å². The third-order valence-electron chi connectivity index (χ3n) is 2.28. The summed E-state index contributed by atoms with van der Waals surface area (Å²) in [7, 11) is 0. The first kappa shape index (κ1) is 13.0. The van der Waals surface area contributed by atoms with Gasteiger partial charge in [0.15, 0.2) is 0 Å². The van der Waals surface area contributed by atoms with E-state index >= 15 is 0 Å². The maximum atomic E-state index is 2.60. The Kier molecular flexibility index (Phi) is 10.0. The number of unbranched alkanes of at least 4 members (excludes halogenated alkanes) is 1. The summed E-state index contributed by atoms with van der Waals surface area (Å²) in [6.07, 6.45) is 8.31. The van der Waals surface area contributed by atoms with E-state index in [9.17, 15) is 0 Å². The highest BCUT2D eigenvalue weighted by Crippen LogP contribution is 2.08. The highest BCUT2D eigenvalue weighted by atomic mass is 15.1. The fourth-order valence-electron chi connectivity index (χ4n) is 1.56. The number of piperidine rings is 1. The summed E-state index contributed by atoms with van der Waals surface area (Å²) in [6.45, 7) is 10.6. The molecule has 0 unspecified atom stereocenters. The maximum Gasteiger partial charge on any atom is -0.00187 e. The molecule has 80 valence electrons. The summed E-state index contributed by atoms with van der Waals surface area (Å²) in [5.74, 6) is 0. The third-order valence-corrected chi connectivity index (χ3v) is 2.28. The lowest BCUT2D eigenvalue weighted by Crippen LogP contribution is -2.30. The third kappa shape index (κ3) is 8.29. The van der Waals surface area contributed by atoms with Crippen LogP contribution in [0.15, 0.2) is 0 Å². The van der Waals surface area contributed by atoms with Crippen LogP contribution in [0.3, 0.4) is 0 Å². The van der Waals surface area contributed by atoms with E-state index in [1.165, 1.54) is 58.2 Å². The van der Waals surface area contributed by atoms with E-state index in [-0.39, 0.29) is 0 Å². The van der Waals surface area contributed by atoms with Crippen LogP contribution in [0.25, 0.3) is 0 Å². The fraction of sp³-hybridized carbons (Fsp3) is 1.00. The van der Waals surface area contributed by atoms with E-state index < -0.39 is 0 Å². The number of likely N-dealkylation sites (tertiary alicyclic amines) is 1.